The highest BCUT2D eigenvalue weighted by Gasteiger charge is 2.31. The highest BCUT2D eigenvalue weighted by atomic mass is 14.4. The van der Waals surface area contributed by atoms with E-state index in [1.807, 2.05) is 6.08 Å². The Hall–Kier alpha value is -1.04. The van der Waals surface area contributed by atoms with Crippen molar-refractivity contribution in [3.8, 4) is 0 Å². The van der Waals surface area contributed by atoms with Gasteiger partial charge in [0.15, 0.2) is 0 Å². The first kappa shape index (κ1) is 21.0. The second-order valence-corrected chi connectivity index (χ2v) is 7.74. The maximum atomic E-state index is 4.27. The molecule has 0 N–H and O–H groups in total. The van der Waals surface area contributed by atoms with Crippen LogP contribution in [0, 0.1) is 5.41 Å². The molecule has 1 aliphatic rings. The molecule has 0 saturated carbocycles. The van der Waals surface area contributed by atoms with Crippen LogP contribution in [-0.2, 0) is 0 Å². The van der Waals surface area contributed by atoms with Crippen molar-refractivity contribution >= 4 is 0 Å². The van der Waals surface area contributed by atoms with Gasteiger partial charge in [0, 0.05) is 0 Å². The number of rotatable bonds is 13. The lowest BCUT2D eigenvalue weighted by molar-refractivity contribution is 0.221. The molecular weight excluding hydrogens is 288 g/mol. The van der Waals surface area contributed by atoms with Crippen molar-refractivity contribution in [1.82, 2.24) is 0 Å². The molecule has 24 heavy (non-hydrogen) atoms. The maximum Gasteiger partial charge on any atom is -0.00863 e. The molecule has 0 aliphatic heterocycles. The van der Waals surface area contributed by atoms with Crippen molar-refractivity contribution in [3.63, 3.8) is 0 Å². The van der Waals surface area contributed by atoms with E-state index in [4.69, 9.17) is 0 Å². The summed E-state index contributed by atoms with van der Waals surface area (Å²) in [4.78, 5) is 0. The Morgan fingerprint density at radius 3 is 2.33 bits per heavy atom. The third-order valence-electron chi connectivity index (χ3n) is 5.79. The number of allylic oxidation sites excluding steroid dienone is 6. The number of hydrogen-bond acceptors (Lipinski definition) is 0. The summed E-state index contributed by atoms with van der Waals surface area (Å²) in [6, 6.07) is 0. The van der Waals surface area contributed by atoms with Crippen LogP contribution in [-0.4, -0.2) is 0 Å². The molecule has 1 rings (SSSR count). The van der Waals surface area contributed by atoms with Gasteiger partial charge in [-0.1, -0.05) is 64.3 Å². The van der Waals surface area contributed by atoms with Crippen LogP contribution in [0.5, 0.6) is 0 Å². The van der Waals surface area contributed by atoms with Crippen LogP contribution in [0.25, 0.3) is 0 Å². The second-order valence-electron chi connectivity index (χ2n) is 7.74. The fraction of sp³-hybridized carbons (Fsp3) is 0.667. The molecule has 0 aromatic carbocycles. The van der Waals surface area contributed by atoms with Gasteiger partial charge in [0.05, 0.1) is 0 Å². The van der Waals surface area contributed by atoms with Gasteiger partial charge in [-0.05, 0) is 80.4 Å². The molecule has 0 atom stereocenters. The first-order valence-electron chi connectivity index (χ1n) is 10.2. The van der Waals surface area contributed by atoms with E-state index in [2.05, 4.69) is 46.9 Å². The predicted octanol–water partition coefficient (Wildman–Crippen LogP) is 8.32. The summed E-state index contributed by atoms with van der Waals surface area (Å²) in [6.07, 6.45) is 18.4. The van der Waals surface area contributed by atoms with Crippen LogP contribution in [0.15, 0.2) is 47.6 Å². The minimum atomic E-state index is 0.490. The van der Waals surface area contributed by atoms with Gasteiger partial charge in [0.2, 0.25) is 0 Å². The van der Waals surface area contributed by atoms with E-state index in [1.165, 1.54) is 63.4 Å². The van der Waals surface area contributed by atoms with Gasteiger partial charge >= 0.3 is 0 Å². The monoisotopic (exact) mass is 328 g/mol. The van der Waals surface area contributed by atoms with Crippen LogP contribution >= 0.6 is 0 Å². The summed E-state index contributed by atoms with van der Waals surface area (Å²) < 4.78 is 0. The van der Waals surface area contributed by atoms with Crippen molar-refractivity contribution < 1.29 is 0 Å². The molecule has 0 heteroatoms. The molecule has 0 radical (unpaired) electrons. The Kier molecular flexibility index (Phi) is 9.41. The zero-order valence-corrected chi connectivity index (χ0v) is 16.8. The lowest BCUT2D eigenvalue weighted by Crippen LogP contribution is -2.21. The van der Waals surface area contributed by atoms with Gasteiger partial charge in [-0.25, -0.2) is 0 Å². The van der Waals surface area contributed by atoms with E-state index in [0.29, 0.717) is 5.41 Å². The van der Waals surface area contributed by atoms with Gasteiger partial charge < -0.3 is 0 Å². The normalized spacial score (nSPS) is 14.9. The zero-order chi connectivity index (χ0) is 18.0. The summed E-state index contributed by atoms with van der Waals surface area (Å²) in [7, 11) is 0. The standard InChI is InChI=1S/C24H40/c1-7-11-12-13-14-21-15-16-22(20(5)6)23(21)19-24(10-4,17-8-2)18-9-3/h7,15H,1,5,8-14,16-19H2,2-4,6H3. The van der Waals surface area contributed by atoms with E-state index in [0.717, 1.165) is 12.8 Å². The lowest BCUT2D eigenvalue weighted by atomic mass is 9.71. The third kappa shape index (κ3) is 5.80. The first-order valence-corrected chi connectivity index (χ1v) is 10.2. The molecule has 136 valence electrons. The second kappa shape index (κ2) is 10.7. The van der Waals surface area contributed by atoms with Crippen molar-refractivity contribution in [1.29, 1.82) is 0 Å². The van der Waals surface area contributed by atoms with Crippen molar-refractivity contribution in [2.75, 3.05) is 0 Å². The zero-order valence-electron chi connectivity index (χ0n) is 16.8. The summed E-state index contributed by atoms with van der Waals surface area (Å²) >= 11 is 0. The van der Waals surface area contributed by atoms with Gasteiger partial charge in [0.1, 0.15) is 0 Å². The molecule has 0 amide bonds. The molecule has 1 aliphatic carbocycles. The summed E-state index contributed by atoms with van der Waals surface area (Å²) in [6.45, 7) is 17.4. The highest BCUT2D eigenvalue weighted by Crippen LogP contribution is 2.46. The summed E-state index contributed by atoms with van der Waals surface area (Å²) in [5.41, 5.74) is 6.59. The average Bonchev–Trinajstić information content (AvgIpc) is 2.94. The number of hydrogen-bond donors (Lipinski definition) is 0. The maximum absolute atomic E-state index is 4.27. The molecule has 0 spiro atoms. The van der Waals surface area contributed by atoms with Crippen LogP contribution in [0.2, 0.25) is 0 Å². The molecule has 0 nitrogen and oxygen atoms in total. The predicted molar refractivity (Wildman–Crippen MR) is 110 cm³/mol. The Bertz CT molecular complexity index is 466. The topological polar surface area (TPSA) is 0 Å². The van der Waals surface area contributed by atoms with Crippen LogP contribution in [0.3, 0.4) is 0 Å². The molecule has 0 aromatic heterocycles. The Morgan fingerprint density at radius 2 is 1.83 bits per heavy atom. The van der Waals surface area contributed by atoms with Crippen molar-refractivity contribution in [3.05, 3.63) is 47.6 Å². The van der Waals surface area contributed by atoms with Crippen LogP contribution in [0.1, 0.15) is 98.3 Å². The van der Waals surface area contributed by atoms with E-state index >= 15 is 0 Å². The largest absolute Gasteiger partial charge is 0.103 e. The Labute approximate surface area is 151 Å². The molecule has 0 bridgehead atoms. The molecule has 0 saturated heterocycles. The Balaban J connectivity index is 2.97. The smallest absolute Gasteiger partial charge is 0.00863 e. The first-order chi connectivity index (χ1) is 11.5. The van der Waals surface area contributed by atoms with E-state index in [1.54, 1.807) is 16.7 Å². The van der Waals surface area contributed by atoms with Gasteiger partial charge in [-0.2, -0.15) is 0 Å². The summed E-state index contributed by atoms with van der Waals surface area (Å²) in [5, 5.41) is 0. The van der Waals surface area contributed by atoms with Crippen LogP contribution in [0.4, 0.5) is 0 Å². The SMILES string of the molecule is C=CCCCCC1=CCC(C(=C)C)=C1CC(CC)(CCC)CCC. The lowest BCUT2D eigenvalue weighted by Gasteiger charge is -2.34. The molecule has 0 fully saturated rings. The molecule has 0 unspecified atom stereocenters. The van der Waals surface area contributed by atoms with Crippen LogP contribution < -0.4 is 0 Å². The van der Waals surface area contributed by atoms with E-state index in [-0.39, 0.29) is 0 Å². The minimum absolute atomic E-state index is 0.490. The summed E-state index contributed by atoms with van der Waals surface area (Å²) in [5.74, 6) is 0. The quantitative estimate of drug-likeness (QED) is 0.235. The van der Waals surface area contributed by atoms with Crippen molar-refractivity contribution in [2.24, 2.45) is 5.41 Å². The fourth-order valence-electron chi connectivity index (χ4n) is 4.39. The average molecular weight is 329 g/mol. The van der Waals surface area contributed by atoms with Gasteiger partial charge in [-0.3, -0.25) is 0 Å². The van der Waals surface area contributed by atoms with Gasteiger partial charge in [0.25, 0.3) is 0 Å². The fourth-order valence-corrected chi connectivity index (χ4v) is 4.39. The minimum Gasteiger partial charge on any atom is -0.103 e. The highest BCUT2D eigenvalue weighted by molar-refractivity contribution is 5.50. The molecule has 0 heterocycles. The third-order valence-corrected chi connectivity index (χ3v) is 5.79. The van der Waals surface area contributed by atoms with E-state index < -0.39 is 0 Å². The number of unbranched alkanes of at least 4 members (excludes halogenated alkanes) is 2. The van der Waals surface area contributed by atoms with Crippen molar-refractivity contribution in [2.45, 2.75) is 98.3 Å². The molecule has 0 aromatic rings. The van der Waals surface area contributed by atoms with Gasteiger partial charge in [-0.15, -0.1) is 6.58 Å². The molecular formula is C24H40. The van der Waals surface area contributed by atoms with E-state index in [9.17, 15) is 0 Å². The Morgan fingerprint density at radius 1 is 1.17 bits per heavy atom.